The Kier molecular flexibility index (Phi) is 9.70. The van der Waals surface area contributed by atoms with Gasteiger partial charge in [-0.15, -0.1) is 0 Å². The van der Waals surface area contributed by atoms with Crippen molar-refractivity contribution in [2.45, 2.75) is 18.7 Å². The Labute approximate surface area is 176 Å². The Balaban J connectivity index is 0.00000338. The zero-order chi connectivity index (χ0) is 18.6. The van der Waals surface area contributed by atoms with Gasteiger partial charge in [0.15, 0.2) is 10.3 Å². The predicted molar refractivity (Wildman–Crippen MR) is 83.0 cm³/mol. The number of rotatable bonds is 6. The average molecular weight is 413 g/mol. The van der Waals surface area contributed by atoms with Crippen molar-refractivity contribution < 1.29 is 71.9 Å². The van der Waals surface area contributed by atoms with Gasteiger partial charge in [-0.05, 0) is 5.56 Å². The fourth-order valence-electron chi connectivity index (χ4n) is 2.18. The van der Waals surface area contributed by atoms with Crippen molar-refractivity contribution in [1.82, 2.24) is 9.62 Å². The second-order valence-electron chi connectivity index (χ2n) is 4.97. The Morgan fingerprint density at radius 3 is 2.33 bits per heavy atom. The summed E-state index contributed by atoms with van der Waals surface area (Å²) in [5.41, 5.74) is 5.45. The van der Waals surface area contributed by atoms with Gasteiger partial charge in [0.2, 0.25) is 0 Å². The van der Waals surface area contributed by atoms with Crippen LogP contribution in [0.3, 0.4) is 0 Å². The van der Waals surface area contributed by atoms with Crippen LogP contribution in [0.15, 0.2) is 30.3 Å². The van der Waals surface area contributed by atoms with Crippen molar-refractivity contribution in [3.63, 3.8) is 0 Å². The fraction of sp³-hybridized carbons (Fsp3) is 0.308. The molecule has 0 bridgehead atoms. The van der Waals surface area contributed by atoms with E-state index in [9.17, 15) is 27.4 Å². The summed E-state index contributed by atoms with van der Waals surface area (Å²) in [7, 11) is -5.13. The quantitative estimate of drug-likeness (QED) is 0.263. The molecule has 3 amide bonds. The van der Waals surface area contributed by atoms with Gasteiger partial charge >= 0.3 is 41.7 Å². The smallest absolute Gasteiger partial charge is 0.731 e. The summed E-state index contributed by atoms with van der Waals surface area (Å²) in [5, 5.41) is 2.12. The van der Waals surface area contributed by atoms with Crippen molar-refractivity contribution in [2.75, 3.05) is 6.61 Å². The first kappa shape index (κ1) is 25.1. The molecule has 1 fully saturated rings. The molecule has 0 aromatic heterocycles. The van der Waals surface area contributed by atoms with E-state index < -0.39 is 47.1 Å². The van der Waals surface area contributed by atoms with Crippen LogP contribution in [0.2, 0.25) is 0 Å². The molecule has 2 rings (SSSR count). The molecule has 1 aromatic rings. The maximum absolute atomic E-state index is 11.8. The largest absolute Gasteiger partial charge is 1.00 e. The van der Waals surface area contributed by atoms with Crippen LogP contribution in [0, 0.1) is 0 Å². The Bertz CT molecular complexity index is 774. The molecule has 2 atom stereocenters. The first-order valence-corrected chi connectivity index (χ1v) is 8.25. The monoisotopic (exact) mass is 413 g/mol. The molecule has 27 heavy (non-hydrogen) atoms. The normalized spacial score (nSPS) is 18.3. The van der Waals surface area contributed by atoms with E-state index in [1.165, 1.54) is 0 Å². The van der Waals surface area contributed by atoms with Crippen LogP contribution in [-0.2, 0) is 31.2 Å². The first-order valence-electron chi connectivity index (χ1n) is 6.88. The molecule has 0 saturated carbocycles. The maximum atomic E-state index is 11.8. The number of carbonyl (C=O) groups excluding carboxylic acids is 3. The molecule has 0 unspecified atom stereocenters. The molecule has 0 spiro atoms. The van der Waals surface area contributed by atoms with Gasteiger partial charge in [0, 0.05) is 0 Å². The third-order valence-corrected chi connectivity index (χ3v) is 4.23. The van der Waals surface area contributed by atoms with E-state index in [2.05, 4.69) is 10.1 Å². The molecule has 1 aromatic carbocycles. The molecule has 1 aliphatic rings. The Morgan fingerprint density at radius 1 is 1.22 bits per heavy atom. The first-order chi connectivity index (χ1) is 11.7. The van der Waals surface area contributed by atoms with Crippen LogP contribution >= 0.6 is 0 Å². The van der Waals surface area contributed by atoms with Gasteiger partial charge in [-0.2, -0.15) is 0 Å². The minimum absolute atomic E-state index is 0. The van der Waals surface area contributed by atoms with E-state index in [0.717, 1.165) is 0 Å². The number of hydrogen-bond acceptors (Lipinski definition) is 8. The van der Waals surface area contributed by atoms with E-state index in [0.29, 0.717) is 5.56 Å². The summed E-state index contributed by atoms with van der Waals surface area (Å²) < 4.78 is 42.4. The summed E-state index contributed by atoms with van der Waals surface area (Å²) in [6.07, 6.45) is -2.23. The SMILES string of the molecule is NC(=O)OC[C@H]1[C@@H](NC(=O)OCc2ccccc2)C(=O)N1S(=O)(=O)[O-].O.[Na+]. The van der Waals surface area contributed by atoms with Crippen LogP contribution in [0.1, 0.15) is 5.56 Å². The van der Waals surface area contributed by atoms with Gasteiger partial charge in [0.25, 0.3) is 5.91 Å². The van der Waals surface area contributed by atoms with Gasteiger partial charge in [0.05, 0.1) is 0 Å². The van der Waals surface area contributed by atoms with Crippen molar-refractivity contribution in [3.8, 4) is 0 Å². The van der Waals surface area contributed by atoms with Crippen LogP contribution in [-0.4, -0.2) is 59.5 Å². The van der Waals surface area contributed by atoms with Crippen molar-refractivity contribution in [3.05, 3.63) is 35.9 Å². The number of carbonyl (C=O) groups is 3. The summed E-state index contributed by atoms with van der Waals surface area (Å²) in [6.45, 7) is -0.758. The molecule has 1 saturated heterocycles. The van der Waals surface area contributed by atoms with E-state index in [4.69, 9.17) is 10.5 Å². The minimum atomic E-state index is -5.13. The van der Waals surface area contributed by atoms with Crippen molar-refractivity contribution >= 4 is 28.4 Å². The number of benzene rings is 1. The van der Waals surface area contributed by atoms with E-state index in [1.54, 1.807) is 30.3 Å². The number of β-lactam (4-membered cyclic amide) rings is 1. The molecule has 12 nitrogen and oxygen atoms in total. The molecule has 5 N–H and O–H groups in total. The van der Waals surface area contributed by atoms with Crippen LogP contribution < -0.4 is 40.6 Å². The van der Waals surface area contributed by atoms with E-state index in [-0.39, 0.29) is 45.9 Å². The van der Waals surface area contributed by atoms with E-state index >= 15 is 0 Å². The average Bonchev–Trinajstić information content (AvgIpc) is 2.53. The van der Waals surface area contributed by atoms with Crippen molar-refractivity contribution in [1.29, 1.82) is 0 Å². The van der Waals surface area contributed by atoms with Crippen LogP contribution in [0.4, 0.5) is 9.59 Å². The summed E-state index contributed by atoms with van der Waals surface area (Å²) in [5.74, 6) is -1.16. The number of hydrogen-bond donors (Lipinski definition) is 2. The van der Waals surface area contributed by atoms with Crippen LogP contribution in [0.5, 0.6) is 0 Å². The van der Waals surface area contributed by atoms with Gasteiger partial charge in [-0.3, -0.25) is 4.79 Å². The number of nitrogens with one attached hydrogen (secondary N) is 1. The third-order valence-electron chi connectivity index (χ3n) is 3.29. The van der Waals surface area contributed by atoms with Crippen molar-refractivity contribution in [2.24, 2.45) is 5.73 Å². The number of nitrogens with two attached hydrogens (primary N) is 1. The second kappa shape index (κ2) is 10.4. The van der Waals surface area contributed by atoms with Gasteiger partial charge < -0.3 is 30.6 Å². The summed E-state index contributed by atoms with van der Waals surface area (Å²) >= 11 is 0. The number of ether oxygens (including phenoxy) is 2. The van der Waals surface area contributed by atoms with Gasteiger partial charge in [-0.1, -0.05) is 30.3 Å². The molecule has 0 aliphatic carbocycles. The summed E-state index contributed by atoms with van der Waals surface area (Å²) in [4.78, 5) is 34.1. The minimum Gasteiger partial charge on any atom is -0.731 e. The van der Waals surface area contributed by atoms with E-state index in [1.807, 2.05) is 0 Å². The molecular weight excluding hydrogens is 397 g/mol. The standard InChI is InChI=1S/C13H15N3O8S.Na.H2O/c14-12(18)23-7-9-10(11(17)16(9)25(20,21)22)15-13(19)24-6-8-4-2-1-3-5-8;;/h1-5,9-10H,6-7H2,(H2,14,18)(H,15,19)(H,20,21,22);;1H2/q;+1;/p-1/t9-,10+;;/m0../s1. The number of amides is 3. The fourth-order valence-corrected chi connectivity index (χ4v) is 3.02. The Hall–Kier alpha value is -1.90. The molecule has 144 valence electrons. The molecule has 1 aliphatic heterocycles. The third kappa shape index (κ3) is 6.64. The maximum Gasteiger partial charge on any atom is 1.00 e. The number of alkyl carbamates (subject to hydrolysis) is 1. The van der Waals surface area contributed by atoms with Crippen LogP contribution in [0.25, 0.3) is 0 Å². The molecule has 1 heterocycles. The number of primary amides is 1. The Morgan fingerprint density at radius 2 is 1.81 bits per heavy atom. The molecular formula is C13H16N3NaO9S. The predicted octanol–water partition coefficient (Wildman–Crippen LogP) is -4.77. The molecule has 14 heteroatoms. The summed E-state index contributed by atoms with van der Waals surface area (Å²) in [6, 6.07) is 5.87. The van der Waals surface area contributed by atoms with Gasteiger partial charge in [-0.25, -0.2) is 22.3 Å². The number of nitrogens with zero attached hydrogens (tertiary/aromatic N) is 1. The zero-order valence-corrected chi connectivity index (χ0v) is 17.0. The van der Waals surface area contributed by atoms with Gasteiger partial charge in [0.1, 0.15) is 25.3 Å². The topological polar surface area (TPSA) is 200 Å². The second-order valence-corrected chi connectivity index (χ2v) is 6.22. The zero-order valence-electron chi connectivity index (χ0n) is 14.2. The molecule has 0 radical (unpaired) electrons.